The first-order valence-corrected chi connectivity index (χ1v) is 6.26. The van der Waals surface area contributed by atoms with Gasteiger partial charge in [0.15, 0.2) is 5.78 Å². The van der Waals surface area contributed by atoms with E-state index in [0.29, 0.717) is 5.01 Å². The lowest BCUT2D eigenvalue weighted by Crippen LogP contribution is -2.21. The van der Waals surface area contributed by atoms with Crippen LogP contribution in [0.5, 0.6) is 0 Å². The molecule has 1 heterocycles. The smallest absolute Gasteiger partial charge is 0.364 e. The lowest BCUT2D eigenvalue weighted by atomic mass is 10.3. The highest BCUT2D eigenvalue weighted by molar-refractivity contribution is 7.18. The zero-order chi connectivity index (χ0) is 13.9. The number of aromatic nitrogens is 1. The number of benzene rings is 1. The summed E-state index contributed by atoms with van der Waals surface area (Å²) in [6.07, 6.45) is -4.41. The largest absolute Gasteiger partial charge is 0.411 e. The third kappa shape index (κ3) is 4.29. The number of para-hydroxylation sites is 1. The lowest BCUT2D eigenvalue weighted by molar-refractivity contribution is -0.175. The molecule has 0 saturated heterocycles. The van der Waals surface area contributed by atoms with Crippen LogP contribution in [0.25, 0.3) is 10.2 Å². The maximum Gasteiger partial charge on any atom is 0.411 e. The van der Waals surface area contributed by atoms with Crippen LogP contribution in [0.3, 0.4) is 0 Å². The zero-order valence-electron chi connectivity index (χ0n) is 9.74. The third-order valence-electron chi connectivity index (χ3n) is 2.22. The van der Waals surface area contributed by atoms with Crippen LogP contribution in [0.4, 0.5) is 13.2 Å². The Morgan fingerprint density at radius 1 is 1.32 bits per heavy atom. The summed E-state index contributed by atoms with van der Waals surface area (Å²) in [5.41, 5.74) is 0.784. The number of carbonyl (C=O) groups is 1. The number of halogens is 3. The average molecular weight is 289 g/mol. The van der Waals surface area contributed by atoms with Crippen LogP contribution in [0.1, 0.15) is 5.01 Å². The van der Waals surface area contributed by atoms with Gasteiger partial charge in [0.1, 0.15) is 18.2 Å². The molecule has 1 aromatic heterocycles. The Bertz CT molecular complexity index is 547. The Hall–Kier alpha value is -1.47. The van der Waals surface area contributed by atoms with Crippen LogP contribution in [0.2, 0.25) is 0 Å². The van der Waals surface area contributed by atoms with Gasteiger partial charge in [-0.3, -0.25) is 4.79 Å². The molecular formula is C12H10F3NO2S. The molecule has 102 valence electrons. The van der Waals surface area contributed by atoms with Crippen molar-refractivity contribution in [3.05, 3.63) is 29.3 Å². The molecular weight excluding hydrogens is 279 g/mol. The number of fused-ring (bicyclic) bond motifs is 1. The zero-order valence-corrected chi connectivity index (χ0v) is 10.6. The number of ketones is 1. The van der Waals surface area contributed by atoms with E-state index in [9.17, 15) is 18.0 Å². The predicted molar refractivity (Wildman–Crippen MR) is 65.2 cm³/mol. The van der Waals surface area contributed by atoms with E-state index in [4.69, 9.17) is 0 Å². The monoisotopic (exact) mass is 289 g/mol. The van der Waals surface area contributed by atoms with Crippen molar-refractivity contribution in [1.82, 2.24) is 4.98 Å². The number of rotatable bonds is 5. The van der Waals surface area contributed by atoms with E-state index in [1.807, 2.05) is 24.3 Å². The summed E-state index contributed by atoms with van der Waals surface area (Å²) in [4.78, 5) is 15.7. The molecule has 0 unspecified atom stereocenters. The van der Waals surface area contributed by atoms with Crippen LogP contribution < -0.4 is 0 Å². The van der Waals surface area contributed by atoms with E-state index in [1.54, 1.807) is 0 Å². The number of alkyl halides is 3. The van der Waals surface area contributed by atoms with E-state index in [2.05, 4.69) is 9.72 Å². The maximum atomic E-state index is 11.8. The van der Waals surface area contributed by atoms with Gasteiger partial charge >= 0.3 is 6.18 Å². The molecule has 3 nitrogen and oxygen atoms in total. The van der Waals surface area contributed by atoms with Crippen LogP contribution in [0, 0.1) is 0 Å². The highest BCUT2D eigenvalue weighted by Gasteiger charge is 2.27. The fraction of sp³-hybridized carbons (Fsp3) is 0.333. The van der Waals surface area contributed by atoms with E-state index < -0.39 is 25.2 Å². The Morgan fingerprint density at radius 3 is 2.74 bits per heavy atom. The Balaban J connectivity index is 1.88. The van der Waals surface area contributed by atoms with Gasteiger partial charge in [-0.15, -0.1) is 11.3 Å². The summed E-state index contributed by atoms with van der Waals surface area (Å²) in [7, 11) is 0. The lowest BCUT2D eigenvalue weighted by Gasteiger charge is -2.06. The normalized spacial score (nSPS) is 11.9. The number of thiazole rings is 1. The molecule has 0 bridgehead atoms. The summed E-state index contributed by atoms with van der Waals surface area (Å²) in [5, 5.41) is 0.585. The SMILES string of the molecule is O=C(COCC(F)(F)F)Cc1nc2ccccc2s1. The second-order valence-electron chi connectivity index (χ2n) is 3.90. The van der Waals surface area contributed by atoms with Crippen molar-refractivity contribution in [1.29, 1.82) is 0 Å². The third-order valence-corrected chi connectivity index (χ3v) is 3.25. The van der Waals surface area contributed by atoms with Crippen molar-refractivity contribution in [3.63, 3.8) is 0 Å². The molecule has 2 rings (SSSR count). The van der Waals surface area contributed by atoms with Crippen molar-refractivity contribution >= 4 is 27.3 Å². The molecule has 0 aliphatic heterocycles. The Kier molecular flexibility index (Phi) is 4.16. The second kappa shape index (κ2) is 5.66. The van der Waals surface area contributed by atoms with E-state index >= 15 is 0 Å². The summed E-state index contributed by atoms with van der Waals surface area (Å²) in [6.45, 7) is -1.95. The van der Waals surface area contributed by atoms with Crippen LogP contribution in [-0.4, -0.2) is 30.2 Å². The molecule has 0 spiro atoms. The first-order chi connectivity index (χ1) is 8.94. The number of ether oxygens (including phenoxy) is 1. The van der Waals surface area contributed by atoms with E-state index in [1.165, 1.54) is 11.3 Å². The average Bonchev–Trinajstić information content (AvgIpc) is 2.68. The van der Waals surface area contributed by atoms with Crippen molar-refractivity contribution in [2.24, 2.45) is 0 Å². The van der Waals surface area contributed by atoms with Gasteiger partial charge in [0.05, 0.1) is 16.6 Å². The topological polar surface area (TPSA) is 39.2 Å². The first-order valence-electron chi connectivity index (χ1n) is 5.45. The van der Waals surface area contributed by atoms with Gasteiger partial charge in [0, 0.05) is 0 Å². The number of nitrogens with zero attached hydrogens (tertiary/aromatic N) is 1. The number of Topliss-reactive ketones (excluding diaryl/α,β-unsaturated/α-hetero) is 1. The second-order valence-corrected chi connectivity index (χ2v) is 5.01. The first kappa shape index (κ1) is 14.0. The highest BCUT2D eigenvalue weighted by Crippen LogP contribution is 2.22. The molecule has 0 N–H and O–H groups in total. The van der Waals surface area contributed by atoms with Gasteiger partial charge in [-0.2, -0.15) is 13.2 Å². The molecule has 0 amide bonds. The molecule has 19 heavy (non-hydrogen) atoms. The van der Waals surface area contributed by atoms with Gasteiger partial charge in [0.2, 0.25) is 0 Å². The molecule has 7 heteroatoms. The van der Waals surface area contributed by atoms with Crippen LogP contribution in [-0.2, 0) is 16.0 Å². The molecule has 2 aromatic rings. The molecule has 1 aromatic carbocycles. The molecule has 0 saturated carbocycles. The maximum absolute atomic E-state index is 11.8. The molecule has 0 radical (unpaired) electrons. The summed E-state index contributed by atoms with van der Waals surface area (Å²) < 4.78 is 40.7. The van der Waals surface area contributed by atoms with Crippen molar-refractivity contribution in [3.8, 4) is 0 Å². The standard InChI is InChI=1S/C12H10F3NO2S/c13-12(14,15)7-18-6-8(17)5-11-16-9-3-1-2-4-10(9)19-11/h1-4H,5-7H2. The molecule has 0 aliphatic rings. The minimum atomic E-state index is -4.41. The molecule has 0 atom stereocenters. The fourth-order valence-corrected chi connectivity index (χ4v) is 2.49. The number of carbonyl (C=O) groups excluding carboxylic acids is 1. The van der Waals surface area contributed by atoms with Crippen molar-refractivity contribution in [2.75, 3.05) is 13.2 Å². The number of hydrogen-bond acceptors (Lipinski definition) is 4. The van der Waals surface area contributed by atoms with Crippen LogP contribution in [0.15, 0.2) is 24.3 Å². The molecule has 0 aliphatic carbocycles. The summed E-state index contributed by atoms with van der Waals surface area (Å²) in [6, 6.07) is 7.39. The van der Waals surface area contributed by atoms with Crippen molar-refractivity contribution < 1.29 is 22.7 Å². The molecule has 0 fully saturated rings. The Morgan fingerprint density at radius 2 is 2.05 bits per heavy atom. The van der Waals surface area contributed by atoms with Crippen LogP contribution >= 0.6 is 11.3 Å². The van der Waals surface area contributed by atoms with Gasteiger partial charge in [-0.25, -0.2) is 4.98 Å². The highest BCUT2D eigenvalue weighted by atomic mass is 32.1. The van der Waals surface area contributed by atoms with Gasteiger partial charge in [0.25, 0.3) is 0 Å². The van der Waals surface area contributed by atoms with E-state index in [-0.39, 0.29) is 6.42 Å². The fourth-order valence-electron chi connectivity index (χ4n) is 1.50. The number of hydrogen-bond donors (Lipinski definition) is 0. The van der Waals surface area contributed by atoms with E-state index in [0.717, 1.165) is 10.2 Å². The quantitative estimate of drug-likeness (QED) is 0.849. The van der Waals surface area contributed by atoms with Crippen molar-refractivity contribution in [2.45, 2.75) is 12.6 Å². The summed E-state index contributed by atoms with van der Waals surface area (Å²) >= 11 is 1.35. The predicted octanol–water partition coefficient (Wildman–Crippen LogP) is 2.99. The minimum absolute atomic E-state index is 0.00277. The minimum Gasteiger partial charge on any atom is -0.364 e. The van der Waals surface area contributed by atoms with Gasteiger partial charge < -0.3 is 4.74 Å². The van der Waals surface area contributed by atoms with Gasteiger partial charge in [-0.05, 0) is 12.1 Å². The Labute approximate surface area is 111 Å². The summed E-state index contributed by atoms with van der Waals surface area (Å²) in [5.74, 6) is -0.414. The van der Waals surface area contributed by atoms with Gasteiger partial charge in [-0.1, -0.05) is 12.1 Å².